The van der Waals surface area contributed by atoms with E-state index in [1.54, 1.807) is 36.4 Å². The molecule has 0 radical (unpaired) electrons. The smallest absolute Gasteiger partial charge is 0.335 e. The summed E-state index contributed by atoms with van der Waals surface area (Å²) in [4.78, 5) is 22.5. The van der Waals surface area contributed by atoms with Gasteiger partial charge in [0.25, 0.3) is 0 Å². The summed E-state index contributed by atoms with van der Waals surface area (Å²) in [6.45, 7) is 2.09. The SMILES string of the molecule is CCCCCC(=O)Oc1ccc(-c2ccc(C(=O)O)cc2)cc1. The molecule has 0 aliphatic rings. The van der Waals surface area contributed by atoms with E-state index in [0.29, 0.717) is 12.2 Å². The molecule has 120 valence electrons. The van der Waals surface area contributed by atoms with Crippen molar-refractivity contribution in [2.24, 2.45) is 0 Å². The molecule has 23 heavy (non-hydrogen) atoms. The standard InChI is InChI=1S/C19H20O4/c1-2-3-4-5-18(20)23-17-12-10-15(11-13-17)14-6-8-16(9-7-14)19(21)22/h6-13H,2-5H2,1H3,(H,21,22). The van der Waals surface area contributed by atoms with E-state index in [1.165, 1.54) is 0 Å². The highest BCUT2D eigenvalue weighted by Gasteiger charge is 2.06. The van der Waals surface area contributed by atoms with Crippen LogP contribution in [0.5, 0.6) is 5.75 Å². The van der Waals surface area contributed by atoms with Crippen molar-refractivity contribution in [1.29, 1.82) is 0 Å². The van der Waals surface area contributed by atoms with Crippen molar-refractivity contribution < 1.29 is 19.4 Å². The Morgan fingerprint density at radius 2 is 1.48 bits per heavy atom. The van der Waals surface area contributed by atoms with Crippen LogP contribution in [0.15, 0.2) is 48.5 Å². The van der Waals surface area contributed by atoms with Crippen LogP contribution in [0.4, 0.5) is 0 Å². The number of carbonyl (C=O) groups excluding carboxylic acids is 1. The molecule has 0 atom stereocenters. The van der Waals surface area contributed by atoms with Gasteiger partial charge >= 0.3 is 11.9 Å². The molecule has 0 heterocycles. The Morgan fingerprint density at radius 1 is 0.913 bits per heavy atom. The summed E-state index contributed by atoms with van der Waals surface area (Å²) >= 11 is 0. The first-order valence-electron chi connectivity index (χ1n) is 7.74. The number of ether oxygens (including phenoxy) is 1. The minimum absolute atomic E-state index is 0.211. The van der Waals surface area contributed by atoms with Gasteiger partial charge in [-0.05, 0) is 41.8 Å². The fourth-order valence-electron chi connectivity index (χ4n) is 2.22. The number of aromatic carboxylic acids is 1. The molecule has 0 aliphatic carbocycles. The molecule has 0 unspecified atom stereocenters. The molecule has 0 saturated heterocycles. The van der Waals surface area contributed by atoms with Crippen molar-refractivity contribution in [3.8, 4) is 16.9 Å². The maximum atomic E-state index is 11.7. The van der Waals surface area contributed by atoms with Gasteiger partial charge in [0, 0.05) is 6.42 Å². The van der Waals surface area contributed by atoms with Crippen molar-refractivity contribution in [2.75, 3.05) is 0 Å². The van der Waals surface area contributed by atoms with Crippen LogP contribution in [0.25, 0.3) is 11.1 Å². The second kappa shape index (κ2) is 8.13. The fraction of sp³-hybridized carbons (Fsp3) is 0.263. The predicted octanol–water partition coefficient (Wildman–Crippen LogP) is 4.54. The molecular weight excluding hydrogens is 292 g/mol. The second-order valence-electron chi connectivity index (χ2n) is 5.34. The van der Waals surface area contributed by atoms with E-state index in [2.05, 4.69) is 6.92 Å². The maximum absolute atomic E-state index is 11.7. The Labute approximate surface area is 135 Å². The van der Waals surface area contributed by atoms with E-state index in [9.17, 15) is 9.59 Å². The topological polar surface area (TPSA) is 63.6 Å². The van der Waals surface area contributed by atoms with Crippen molar-refractivity contribution in [2.45, 2.75) is 32.6 Å². The molecule has 0 bridgehead atoms. The summed E-state index contributed by atoms with van der Waals surface area (Å²) in [5.41, 5.74) is 2.11. The lowest BCUT2D eigenvalue weighted by atomic mass is 10.0. The number of unbranched alkanes of at least 4 members (excludes halogenated alkanes) is 2. The van der Waals surface area contributed by atoms with Gasteiger partial charge in [0.15, 0.2) is 0 Å². The maximum Gasteiger partial charge on any atom is 0.335 e. The summed E-state index contributed by atoms with van der Waals surface area (Å²) in [5.74, 6) is -0.628. The van der Waals surface area contributed by atoms with Crippen molar-refractivity contribution in [3.63, 3.8) is 0 Å². The molecule has 0 fully saturated rings. The minimum atomic E-state index is -0.943. The van der Waals surface area contributed by atoms with E-state index >= 15 is 0 Å². The molecule has 0 saturated carbocycles. The van der Waals surface area contributed by atoms with Gasteiger partial charge < -0.3 is 9.84 Å². The molecule has 0 aliphatic heterocycles. The zero-order chi connectivity index (χ0) is 16.7. The van der Waals surface area contributed by atoms with Gasteiger partial charge in [-0.25, -0.2) is 4.79 Å². The summed E-state index contributed by atoms with van der Waals surface area (Å²) in [7, 11) is 0. The molecule has 2 aromatic rings. The van der Waals surface area contributed by atoms with Crippen LogP contribution in [0.2, 0.25) is 0 Å². The number of hydrogen-bond acceptors (Lipinski definition) is 3. The van der Waals surface area contributed by atoms with Crippen molar-refractivity contribution in [3.05, 3.63) is 54.1 Å². The van der Waals surface area contributed by atoms with Crippen LogP contribution >= 0.6 is 0 Å². The first-order chi connectivity index (χ1) is 11.1. The van der Waals surface area contributed by atoms with Crippen LogP contribution in [-0.4, -0.2) is 17.0 Å². The Morgan fingerprint density at radius 3 is 2.00 bits per heavy atom. The zero-order valence-electron chi connectivity index (χ0n) is 13.1. The molecular formula is C19H20O4. The summed E-state index contributed by atoms with van der Waals surface area (Å²) in [6.07, 6.45) is 3.39. The van der Waals surface area contributed by atoms with E-state index in [1.807, 2.05) is 12.1 Å². The van der Waals surface area contributed by atoms with Gasteiger partial charge in [-0.2, -0.15) is 0 Å². The number of carboxylic acids is 1. The third-order valence-corrected chi connectivity index (χ3v) is 3.54. The molecule has 0 aromatic heterocycles. The van der Waals surface area contributed by atoms with E-state index in [-0.39, 0.29) is 11.5 Å². The summed E-state index contributed by atoms with van der Waals surface area (Å²) < 4.78 is 5.29. The van der Waals surface area contributed by atoms with Gasteiger partial charge in [-0.1, -0.05) is 44.0 Å². The van der Waals surface area contributed by atoms with Crippen LogP contribution < -0.4 is 4.74 Å². The third kappa shape index (κ3) is 4.95. The van der Waals surface area contributed by atoms with Gasteiger partial charge in [0.05, 0.1) is 5.56 Å². The van der Waals surface area contributed by atoms with Gasteiger partial charge in [0.2, 0.25) is 0 Å². The highest BCUT2D eigenvalue weighted by molar-refractivity contribution is 5.88. The summed E-state index contributed by atoms with van der Waals surface area (Å²) in [6, 6.07) is 13.9. The van der Waals surface area contributed by atoms with Crippen LogP contribution in [0, 0.1) is 0 Å². The first-order valence-corrected chi connectivity index (χ1v) is 7.74. The Balaban J connectivity index is 1.98. The molecule has 1 N–H and O–H groups in total. The van der Waals surface area contributed by atoms with E-state index < -0.39 is 5.97 Å². The van der Waals surface area contributed by atoms with Crippen molar-refractivity contribution in [1.82, 2.24) is 0 Å². The molecule has 0 spiro atoms. The predicted molar refractivity (Wildman–Crippen MR) is 88.6 cm³/mol. The first kappa shape index (κ1) is 16.7. The average Bonchev–Trinajstić information content (AvgIpc) is 2.56. The number of carbonyl (C=O) groups is 2. The van der Waals surface area contributed by atoms with Crippen LogP contribution in [-0.2, 0) is 4.79 Å². The quantitative estimate of drug-likeness (QED) is 0.463. The highest BCUT2D eigenvalue weighted by Crippen LogP contribution is 2.23. The van der Waals surface area contributed by atoms with Gasteiger partial charge in [-0.15, -0.1) is 0 Å². The largest absolute Gasteiger partial charge is 0.478 e. The number of esters is 1. The number of hydrogen-bond donors (Lipinski definition) is 1. The van der Waals surface area contributed by atoms with E-state index in [0.717, 1.165) is 30.4 Å². The molecule has 0 amide bonds. The monoisotopic (exact) mass is 312 g/mol. The Kier molecular flexibility index (Phi) is 5.92. The summed E-state index contributed by atoms with van der Waals surface area (Å²) in [5, 5.41) is 8.90. The molecule has 2 aromatic carbocycles. The normalized spacial score (nSPS) is 10.3. The zero-order valence-corrected chi connectivity index (χ0v) is 13.1. The average molecular weight is 312 g/mol. The Hall–Kier alpha value is -2.62. The third-order valence-electron chi connectivity index (χ3n) is 3.54. The lowest BCUT2D eigenvalue weighted by Gasteiger charge is -2.06. The highest BCUT2D eigenvalue weighted by atomic mass is 16.5. The van der Waals surface area contributed by atoms with Crippen LogP contribution in [0.1, 0.15) is 43.0 Å². The minimum Gasteiger partial charge on any atom is -0.478 e. The lowest BCUT2D eigenvalue weighted by molar-refractivity contribution is -0.134. The Bertz CT molecular complexity index is 657. The molecule has 2 rings (SSSR count). The van der Waals surface area contributed by atoms with E-state index in [4.69, 9.17) is 9.84 Å². The second-order valence-corrected chi connectivity index (χ2v) is 5.34. The number of benzene rings is 2. The van der Waals surface area contributed by atoms with Gasteiger partial charge in [0.1, 0.15) is 5.75 Å². The molecule has 4 heteroatoms. The number of rotatable bonds is 7. The molecule has 4 nitrogen and oxygen atoms in total. The number of carboxylic acid groups (broad SMARTS) is 1. The van der Waals surface area contributed by atoms with Gasteiger partial charge in [-0.3, -0.25) is 4.79 Å². The van der Waals surface area contributed by atoms with Crippen LogP contribution in [0.3, 0.4) is 0 Å². The fourth-order valence-corrected chi connectivity index (χ4v) is 2.22. The van der Waals surface area contributed by atoms with Crippen molar-refractivity contribution >= 4 is 11.9 Å². The lowest BCUT2D eigenvalue weighted by Crippen LogP contribution is -2.07.